The third-order valence-corrected chi connectivity index (χ3v) is 6.13. The second-order valence-electron chi connectivity index (χ2n) is 5.47. The second-order valence-corrected chi connectivity index (χ2v) is 8.69. The minimum atomic E-state index is -3.08. The van der Waals surface area contributed by atoms with Crippen LogP contribution in [0.15, 0.2) is 28.7 Å². The van der Waals surface area contributed by atoms with Gasteiger partial charge >= 0.3 is 0 Å². The molecule has 4 nitrogen and oxygen atoms in total. The molecular weight excluding hydrogens is 340 g/mol. The Labute approximate surface area is 129 Å². The van der Waals surface area contributed by atoms with E-state index in [4.69, 9.17) is 0 Å². The van der Waals surface area contributed by atoms with Crippen molar-refractivity contribution in [1.29, 1.82) is 0 Å². The largest absolute Gasteiger partial charge is 0.313 e. The molecule has 1 fully saturated rings. The van der Waals surface area contributed by atoms with Gasteiger partial charge in [-0.3, -0.25) is 0 Å². The van der Waals surface area contributed by atoms with Gasteiger partial charge in [-0.25, -0.2) is 12.7 Å². The lowest BCUT2D eigenvalue weighted by atomic mass is 9.76. The number of benzene rings is 1. The van der Waals surface area contributed by atoms with Crippen molar-refractivity contribution in [2.45, 2.75) is 24.8 Å². The van der Waals surface area contributed by atoms with E-state index in [1.54, 1.807) is 14.1 Å². The molecule has 112 valence electrons. The summed E-state index contributed by atoms with van der Waals surface area (Å²) in [6.07, 6.45) is 2.16. The molecule has 1 saturated carbocycles. The summed E-state index contributed by atoms with van der Waals surface area (Å²) in [6.45, 7) is 0.524. The normalized spacial score (nSPS) is 22.8. The van der Waals surface area contributed by atoms with Crippen LogP contribution in [0.3, 0.4) is 0 Å². The Morgan fingerprint density at radius 2 is 2.05 bits per heavy atom. The minimum absolute atomic E-state index is 0.165. The van der Waals surface area contributed by atoms with E-state index in [0.717, 1.165) is 17.3 Å². The summed E-state index contributed by atoms with van der Waals surface area (Å²) in [5, 5.41) is 3.33. The first-order valence-electron chi connectivity index (χ1n) is 6.77. The van der Waals surface area contributed by atoms with E-state index in [-0.39, 0.29) is 5.75 Å². The van der Waals surface area contributed by atoms with Gasteiger partial charge in [-0.1, -0.05) is 28.1 Å². The van der Waals surface area contributed by atoms with Gasteiger partial charge in [-0.15, -0.1) is 0 Å². The predicted molar refractivity (Wildman–Crippen MR) is 85.4 cm³/mol. The molecule has 0 aromatic heterocycles. The van der Waals surface area contributed by atoms with Crippen LogP contribution in [0.25, 0.3) is 0 Å². The zero-order valence-corrected chi connectivity index (χ0v) is 14.2. The van der Waals surface area contributed by atoms with Gasteiger partial charge in [0.2, 0.25) is 10.0 Å². The first-order chi connectivity index (χ1) is 9.38. The molecule has 0 spiro atoms. The molecule has 2 rings (SSSR count). The Balaban J connectivity index is 1.73. The molecule has 0 bridgehead atoms. The van der Waals surface area contributed by atoms with Crippen molar-refractivity contribution >= 4 is 26.0 Å². The van der Waals surface area contributed by atoms with Crippen LogP contribution in [-0.2, 0) is 10.0 Å². The Bertz CT molecular complexity index is 554. The van der Waals surface area contributed by atoms with Crippen molar-refractivity contribution in [1.82, 2.24) is 9.62 Å². The molecule has 0 heterocycles. The van der Waals surface area contributed by atoms with Gasteiger partial charge in [0.25, 0.3) is 0 Å². The number of halogens is 1. The molecule has 20 heavy (non-hydrogen) atoms. The average molecular weight is 361 g/mol. The van der Waals surface area contributed by atoms with Gasteiger partial charge in [0.1, 0.15) is 0 Å². The maximum absolute atomic E-state index is 11.6. The smallest absolute Gasteiger partial charge is 0.214 e. The van der Waals surface area contributed by atoms with Crippen LogP contribution in [0.2, 0.25) is 0 Å². The fraction of sp³-hybridized carbons (Fsp3) is 0.571. The molecule has 6 heteroatoms. The summed E-state index contributed by atoms with van der Waals surface area (Å²) in [4.78, 5) is 0. The number of sulfonamides is 1. The van der Waals surface area contributed by atoms with Crippen LogP contribution in [0.1, 0.15) is 24.3 Å². The second kappa shape index (κ2) is 6.56. The van der Waals surface area contributed by atoms with Gasteiger partial charge in [-0.2, -0.15) is 0 Å². The standard InChI is InChI=1S/C14H21BrN2O2S/c1-17(2)20(18,19)7-6-16-14-9-12(10-14)11-4-3-5-13(15)8-11/h3-5,8,12,14,16H,6-7,9-10H2,1-2H3. The number of nitrogens with zero attached hydrogens (tertiary/aromatic N) is 1. The van der Waals surface area contributed by atoms with E-state index >= 15 is 0 Å². The van der Waals surface area contributed by atoms with Crippen LogP contribution in [-0.4, -0.2) is 45.2 Å². The van der Waals surface area contributed by atoms with E-state index < -0.39 is 10.0 Å². The van der Waals surface area contributed by atoms with E-state index in [1.807, 2.05) is 6.07 Å². The molecular formula is C14H21BrN2O2S. The number of nitrogens with one attached hydrogen (secondary N) is 1. The maximum Gasteiger partial charge on any atom is 0.214 e. The fourth-order valence-corrected chi connectivity index (χ4v) is 3.55. The average Bonchev–Trinajstić information content (AvgIpc) is 2.31. The Morgan fingerprint density at radius 1 is 1.35 bits per heavy atom. The Kier molecular flexibility index (Phi) is 5.23. The van der Waals surface area contributed by atoms with Gasteiger partial charge in [-0.05, 0) is 36.5 Å². The monoisotopic (exact) mass is 360 g/mol. The fourth-order valence-electron chi connectivity index (χ4n) is 2.39. The summed E-state index contributed by atoms with van der Waals surface area (Å²) in [6, 6.07) is 8.85. The summed E-state index contributed by atoms with van der Waals surface area (Å²) < 4.78 is 25.6. The van der Waals surface area contributed by atoms with Gasteiger partial charge in [0, 0.05) is 31.2 Å². The predicted octanol–water partition coefficient (Wildman–Crippen LogP) is 2.18. The Morgan fingerprint density at radius 3 is 2.65 bits per heavy atom. The summed E-state index contributed by atoms with van der Waals surface area (Å²) in [7, 11) is 0.0581. The molecule has 1 aliphatic rings. The highest BCUT2D eigenvalue weighted by Gasteiger charge is 2.30. The molecule has 1 aliphatic carbocycles. The van der Waals surface area contributed by atoms with E-state index in [1.165, 1.54) is 9.87 Å². The zero-order valence-electron chi connectivity index (χ0n) is 11.8. The summed E-state index contributed by atoms with van der Waals surface area (Å²) in [5.74, 6) is 0.758. The first kappa shape index (κ1) is 15.9. The van der Waals surface area contributed by atoms with Gasteiger partial charge < -0.3 is 5.32 Å². The molecule has 1 aromatic rings. The zero-order chi connectivity index (χ0) is 14.8. The van der Waals surface area contributed by atoms with Crippen molar-refractivity contribution < 1.29 is 8.42 Å². The van der Waals surface area contributed by atoms with Crippen LogP contribution < -0.4 is 5.32 Å². The molecule has 0 saturated heterocycles. The lowest BCUT2D eigenvalue weighted by Gasteiger charge is -2.36. The van der Waals surface area contributed by atoms with Crippen LogP contribution in [0.5, 0.6) is 0 Å². The molecule has 0 radical (unpaired) electrons. The quantitative estimate of drug-likeness (QED) is 0.845. The lowest BCUT2D eigenvalue weighted by molar-refractivity contribution is 0.296. The molecule has 0 aliphatic heterocycles. The van der Waals surface area contributed by atoms with Gasteiger partial charge in [0.15, 0.2) is 0 Å². The third-order valence-electron chi connectivity index (χ3n) is 3.81. The topological polar surface area (TPSA) is 49.4 Å². The SMILES string of the molecule is CN(C)S(=O)(=O)CCNC1CC(c2cccc(Br)c2)C1. The maximum atomic E-state index is 11.6. The minimum Gasteiger partial charge on any atom is -0.313 e. The first-order valence-corrected chi connectivity index (χ1v) is 9.18. The summed E-state index contributed by atoms with van der Waals surface area (Å²) >= 11 is 3.49. The third kappa shape index (κ3) is 4.04. The highest BCUT2D eigenvalue weighted by atomic mass is 79.9. The number of rotatable bonds is 6. The summed E-state index contributed by atoms with van der Waals surface area (Å²) in [5.41, 5.74) is 1.36. The Hall–Kier alpha value is -0.430. The van der Waals surface area contributed by atoms with Crippen molar-refractivity contribution in [3.8, 4) is 0 Å². The van der Waals surface area contributed by atoms with Crippen LogP contribution in [0.4, 0.5) is 0 Å². The van der Waals surface area contributed by atoms with E-state index in [2.05, 4.69) is 39.4 Å². The molecule has 1 aromatic carbocycles. The number of hydrogen-bond donors (Lipinski definition) is 1. The van der Waals surface area contributed by atoms with Crippen molar-refractivity contribution in [3.05, 3.63) is 34.3 Å². The van der Waals surface area contributed by atoms with Crippen molar-refractivity contribution in [2.75, 3.05) is 26.4 Å². The highest BCUT2D eigenvalue weighted by Crippen LogP contribution is 2.37. The number of hydrogen-bond acceptors (Lipinski definition) is 3. The van der Waals surface area contributed by atoms with E-state index in [9.17, 15) is 8.42 Å². The molecule has 0 unspecified atom stereocenters. The highest BCUT2D eigenvalue weighted by molar-refractivity contribution is 9.10. The van der Waals surface area contributed by atoms with Crippen LogP contribution >= 0.6 is 15.9 Å². The molecule has 1 N–H and O–H groups in total. The van der Waals surface area contributed by atoms with E-state index in [0.29, 0.717) is 18.5 Å². The van der Waals surface area contributed by atoms with Crippen molar-refractivity contribution in [2.24, 2.45) is 0 Å². The molecule has 0 atom stereocenters. The van der Waals surface area contributed by atoms with Crippen LogP contribution in [0, 0.1) is 0 Å². The lowest BCUT2D eigenvalue weighted by Crippen LogP contribution is -2.43. The molecule has 0 amide bonds. The van der Waals surface area contributed by atoms with Crippen molar-refractivity contribution in [3.63, 3.8) is 0 Å². The van der Waals surface area contributed by atoms with Gasteiger partial charge in [0.05, 0.1) is 5.75 Å².